The van der Waals surface area contributed by atoms with E-state index in [1.165, 1.54) is 60.8 Å². The van der Waals surface area contributed by atoms with Crippen molar-refractivity contribution in [3.63, 3.8) is 0 Å². The van der Waals surface area contributed by atoms with E-state index in [0.717, 1.165) is 129 Å². The van der Waals surface area contributed by atoms with Crippen LogP contribution in [0.25, 0.3) is 76.5 Å². The number of unbranched alkanes of at least 4 members (excludes halogenated alkanes) is 5. The van der Waals surface area contributed by atoms with E-state index >= 15 is 0 Å². The molecule has 6 N–H and O–H groups in total. The fourth-order valence-electron chi connectivity index (χ4n) is 14.0. The fraction of sp³-hybridized carbons (Fsp3) is 0.143. The smallest absolute Gasteiger partial charge is 0.137 e. The number of para-hydroxylation sites is 1. The maximum atomic E-state index is 9.83. The molecule has 0 aliphatic rings. The monoisotopic (exact) mass is 1760 g/mol. The Morgan fingerprint density at radius 2 is 0.473 bits per heavy atom. The summed E-state index contributed by atoms with van der Waals surface area (Å²) < 4.78 is 35.0. The summed E-state index contributed by atoms with van der Waals surface area (Å²) in [4.78, 5) is 26.1. The molecular formula is C112H101ClN6O12. The molecule has 6 aromatic heterocycles. The van der Waals surface area contributed by atoms with Gasteiger partial charge in [0.2, 0.25) is 0 Å². The van der Waals surface area contributed by atoms with Crippen molar-refractivity contribution in [1.29, 1.82) is 0 Å². The van der Waals surface area contributed by atoms with Gasteiger partial charge < -0.3 is 59.1 Å². The van der Waals surface area contributed by atoms with Crippen LogP contribution in [0.5, 0.6) is 103 Å². The van der Waals surface area contributed by atoms with Gasteiger partial charge in [-0.3, -0.25) is 0 Å². The number of fused-ring (bicyclic) bond motifs is 6. The molecule has 0 bridgehead atoms. The molecule has 0 atom stereocenters. The molecular weight excluding hydrogens is 1660 g/mol. The molecule has 19 aromatic rings. The first-order valence-corrected chi connectivity index (χ1v) is 43.7. The van der Waals surface area contributed by atoms with Crippen LogP contribution in [0.3, 0.4) is 0 Å². The first kappa shape index (κ1) is 91.4. The van der Waals surface area contributed by atoms with Crippen LogP contribution in [-0.2, 0) is 6.42 Å². The minimum Gasteiger partial charge on any atom is -0.506 e. The lowest BCUT2D eigenvalue weighted by molar-refractivity contribution is 0.468. The van der Waals surface area contributed by atoms with Gasteiger partial charge in [-0.2, -0.15) is 0 Å². The molecule has 0 radical (unpaired) electrons. The molecule has 0 fully saturated rings. The van der Waals surface area contributed by atoms with Gasteiger partial charge in [-0.15, -0.1) is 0 Å². The van der Waals surface area contributed by atoms with E-state index < -0.39 is 0 Å². The number of aromatic hydroxyl groups is 6. The quantitative estimate of drug-likeness (QED) is 0.0388. The number of rotatable bonds is 20. The second-order valence-corrected chi connectivity index (χ2v) is 32.2. The van der Waals surface area contributed by atoms with Crippen molar-refractivity contribution in [3.05, 3.63) is 383 Å². The minimum absolute atomic E-state index is 0.182. The van der Waals surface area contributed by atoms with Gasteiger partial charge in [-0.05, 0) is 303 Å². The molecule has 0 amide bonds. The van der Waals surface area contributed by atoms with Gasteiger partial charge in [0, 0.05) is 49.5 Å². The van der Waals surface area contributed by atoms with Crippen molar-refractivity contribution in [3.8, 4) is 115 Å². The summed E-state index contributed by atoms with van der Waals surface area (Å²) in [5.74, 6) is 10.2. The number of nitrogens with zero attached hydrogens (tertiary/aromatic N) is 6. The third-order valence-electron chi connectivity index (χ3n) is 21.4. The van der Waals surface area contributed by atoms with E-state index in [0.29, 0.717) is 56.4 Å². The number of aryl methyl sites for hydroxylation is 9. The van der Waals surface area contributed by atoms with Crippen molar-refractivity contribution >= 4 is 77.0 Å². The highest BCUT2D eigenvalue weighted by Crippen LogP contribution is 2.37. The van der Waals surface area contributed by atoms with Crippen LogP contribution in [-0.4, -0.2) is 60.5 Å². The summed E-state index contributed by atoms with van der Waals surface area (Å²) in [6.07, 6.45) is 9.08. The zero-order valence-corrected chi connectivity index (χ0v) is 75.1. The van der Waals surface area contributed by atoms with Gasteiger partial charge in [0.05, 0.1) is 67.3 Å². The molecule has 658 valence electrons. The Morgan fingerprint density at radius 3 is 0.817 bits per heavy atom. The summed E-state index contributed by atoms with van der Waals surface area (Å²) in [5, 5.41) is 64.2. The molecule has 0 saturated carbocycles. The van der Waals surface area contributed by atoms with Crippen LogP contribution >= 0.6 is 11.6 Å². The van der Waals surface area contributed by atoms with Crippen LogP contribution in [0, 0.1) is 55.4 Å². The van der Waals surface area contributed by atoms with Gasteiger partial charge >= 0.3 is 0 Å². The first-order chi connectivity index (χ1) is 63.4. The molecule has 19 heteroatoms. The van der Waals surface area contributed by atoms with Gasteiger partial charge in [0.15, 0.2) is 0 Å². The lowest BCUT2D eigenvalue weighted by Crippen LogP contribution is -1.89. The molecule has 6 heterocycles. The van der Waals surface area contributed by atoms with E-state index in [2.05, 4.69) is 61.1 Å². The number of aromatic nitrogens is 6. The topological polar surface area (TPSA) is 254 Å². The molecule has 0 unspecified atom stereocenters. The molecule has 0 spiro atoms. The molecule has 0 saturated heterocycles. The Labute approximate surface area is 766 Å². The summed E-state index contributed by atoms with van der Waals surface area (Å²) in [7, 11) is 0. The maximum absolute atomic E-state index is 9.83. The Balaban J connectivity index is 0.000000127. The van der Waals surface area contributed by atoms with Crippen molar-refractivity contribution in [2.24, 2.45) is 0 Å². The number of halogens is 1. The fourth-order valence-corrected chi connectivity index (χ4v) is 14.1. The number of hydrogen-bond acceptors (Lipinski definition) is 18. The zero-order chi connectivity index (χ0) is 91.9. The molecule has 13 aromatic carbocycles. The summed E-state index contributed by atoms with van der Waals surface area (Å²) >= 11 is 5.83. The van der Waals surface area contributed by atoms with Gasteiger partial charge in [-0.25, -0.2) is 29.9 Å². The van der Waals surface area contributed by atoms with Crippen molar-refractivity contribution in [2.45, 2.75) is 107 Å². The SMILES string of the molecule is CCCCCCCCc1ccc(Oc2ccc3cc(O)c(C)nc3c2)cc1.Cc1ccc(Oc2ccc3cc(O)c(C)nc3c2)cc1.Cc1ccc(Oc2ccc3nc(C)c(O)cc3c2)cc1.Cc1nc2ccc(Oc3ccc(-c4ccccc4)cc3)cc2cc1O.Cc1nc2ccc(Oc3ccc(Cl)cc3)cc2cc1O.Cc1nc2ccc(Oc3ccccc3)cc2cc1O. The Bertz CT molecular complexity index is 6800. The summed E-state index contributed by atoms with van der Waals surface area (Å²) in [6.45, 7) is 17.0. The van der Waals surface area contributed by atoms with E-state index in [-0.39, 0.29) is 34.5 Å². The van der Waals surface area contributed by atoms with Gasteiger partial charge in [0.1, 0.15) is 103 Å². The molecule has 0 aliphatic carbocycles. The Hall–Kier alpha value is -15.8. The molecule has 19 rings (SSSR count). The third kappa shape index (κ3) is 25.8. The predicted octanol–water partition coefficient (Wildman–Crippen LogP) is 30.1. The van der Waals surface area contributed by atoms with Crippen LogP contribution in [0.4, 0.5) is 0 Å². The van der Waals surface area contributed by atoms with E-state index in [4.69, 9.17) is 40.0 Å². The number of pyridine rings is 6. The van der Waals surface area contributed by atoms with Gasteiger partial charge in [-0.1, -0.05) is 159 Å². The van der Waals surface area contributed by atoms with Crippen LogP contribution in [0.1, 0.15) is 96.3 Å². The standard InChI is InChI=1S/C24H29NO2.C22H17NO2.2C17H15NO2.C16H12ClNO2.C16H13NO2/c1-3-4-5-6-7-8-9-19-10-13-21(14-11-19)27-22-15-12-20-16-24(26)18(2)25-23(20)17-22;1-15-22(24)14-18-13-20(11-12-21(18)23-15)25-19-9-7-17(8-10-19)16-5-3-2-4-6-16;1-11-3-6-14(7-4-11)20-15-8-5-13-9-17(19)12(2)18-16(13)10-15;1-11-3-5-14(6-4-11)20-15-7-8-16-13(9-15)10-17(19)12(2)18-16;1-10-16(19)9-11-8-14(6-7-15(11)18-10)20-13-4-2-12(17)3-5-13;1-11-16(18)10-12-9-14(7-8-15(12)17-11)19-13-5-3-2-4-6-13/h10-17,26H,3-9H2,1-2H3;2-14,24H,1H3;2*3-10,19H,1-2H3;2-9,19H,1H3;2-10,18H,1H3. The highest BCUT2D eigenvalue weighted by atomic mass is 35.5. The van der Waals surface area contributed by atoms with Gasteiger partial charge in [0.25, 0.3) is 0 Å². The highest BCUT2D eigenvalue weighted by Gasteiger charge is 2.13. The number of hydrogen-bond donors (Lipinski definition) is 6. The second kappa shape index (κ2) is 43.6. The number of benzene rings is 13. The first-order valence-electron chi connectivity index (χ1n) is 43.3. The van der Waals surface area contributed by atoms with Crippen molar-refractivity contribution in [2.75, 3.05) is 0 Å². The van der Waals surface area contributed by atoms with Crippen LogP contribution in [0.15, 0.2) is 328 Å². The lowest BCUT2D eigenvalue weighted by atomic mass is 10.0. The predicted molar refractivity (Wildman–Crippen MR) is 525 cm³/mol. The minimum atomic E-state index is 0.182. The van der Waals surface area contributed by atoms with Crippen LogP contribution < -0.4 is 28.4 Å². The molecule has 18 nitrogen and oxygen atoms in total. The largest absolute Gasteiger partial charge is 0.506 e. The normalized spacial score (nSPS) is 10.8. The van der Waals surface area contributed by atoms with E-state index in [1.807, 2.05) is 257 Å². The highest BCUT2D eigenvalue weighted by molar-refractivity contribution is 6.30. The van der Waals surface area contributed by atoms with E-state index in [9.17, 15) is 30.6 Å². The third-order valence-corrected chi connectivity index (χ3v) is 21.7. The average Bonchev–Trinajstić information content (AvgIpc) is 0.834. The summed E-state index contributed by atoms with van der Waals surface area (Å²) in [6, 6.07) is 103. The maximum Gasteiger partial charge on any atom is 0.137 e. The Morgan fingerprint density at radius 1 is 0.221 bits per heavy atom. The average molecular weight is 1760 g/mol. The Kier molecular flexibility index (Phi) is 30.4. The van der Waals surface area contributed by atoms with Crippen molar-refractivity contribution < 1.29 is 59.1 Å². The summed E-state index contributed by atoms with van der Waals surface area (Å²) in [5.41, 5.74) is 14.8. The van der Waals surface area contributed by atoms with Crippen LogP contribution in [0.2, 0.25) is 5.02 Å². The second-order valence-electron chi connectivity index (χ2n) is 31.7. The van der Waals surface area contributed by atoms with E-state index in [1.54, 1.807) is 102 Å². The molecule has 0 aliphatic heterocycles. The zero-order valence-electron chi connectivity index (χ0n) is 74.3. The molecule has 131 heavy (non-hydrogen) atoms. The van der Waals surface area contributed by atoms with Crippen molar-refractivity contribution in [1.82, 2.24) is 29.9 Å². The number of ether oxygens (including phenoxy) is 6. The lowest BCUT2D eigenvalue weighted by Gasteiger charge is -2.09.